The van der Waals surface area contributed by atoms with Gasteiger partial charge in [-0.2, -0.15) is 0 Å². The quantitative estimate of drug-likeness (QED) is 0.125. The molecule has 10 aromatic carbocycles. The van der Waals surface area contributed by atoms with Gasteiger partial charge in [-0.1, -0.05) is 182 Å². The van der Waals surface area contributed by atoms with Crippen LogP contribution in [0.15, 0.2) is 223 Å². The third-order valence-electron chi connectivity index (χ3n) is 12.1. The summed E-state index contributed by atoms with van der Waals surface area (Å²) in [4.78, 5) is 10.2. The number of para-hydroxylation sites is 1. The second-order valence-electron chi connectivity index (χ2n) is 15.8. The van der Waals surface area contributed by atoms with Gasteiger partial charge in [0, 0.05) is 27.6 Å². The summed E-state index contributed by atoms with van der Waals surface area (Å²) in [5.74, 6) is 1.54. The molecule has 12 aromatic rings. The van der Waals surface area contributed by atoms with E-state index in [9.17, 15) is 0 Å². The number of hydrogen-bond donors (Lipinski definition) is 0. The van der Waals surface area contributed by atoms with Gasteiger partial charge >= 0.3 is 0 Å². The molecule has 3 nitrogen and oxygen atoms in total. The summed E-state index contributed by atoms with van der Waals surface area (Å²) < 4.78 is 6.15. The van der Waals surface area contributed by atoms with E-state index in [0.717, 1.165) is 55.8 Å². The molecule has 0 atom stereocenters. The Balaban J connectivity index is 0.883. The van der Waals surface area contributed by atoms with Gasteiger partial charge in [-0.3, -0.25) is 0 Å². The third kappa shape index (κ3) is 6.23. The van der Waals surface area contributed by atoms with Gasteiger partial charge in [-0.15, -0.1) is 0 Å². The summed E-state index contributed by atoms with van der Waals surface area (Å²) in [5.41, 5.74) is 11.5. The number of furan rings is 1. The Kier molecular flexibility index (Phi) is 8.17. The first-order valence-corrected chi connectivity index (χ1v) is 20.7. The lowest BCUT2D eigenvalue weighted by Crippen LogP contribution is -1.96. The van der Waals surface area contributed by atoms with Crippen molar-refractivity contribution in [2.75, 3.05) is 0 Å². The summed E-state index contributed by atoms with van der Waals surface area (Å²) in [7, 11) is 0. The molecule has 61 heavy (non-hydrogen) atoms. The standard InChI is InChI=1S/C58H36N2O/c1-2-11-42(12-3-1)58-59-53(39-20-22-40(23-21-39)56-35-48-14-6-9-17-55(48)61-56)36-54(60-58)47-29-28-44-32-43(26-27-45(44)33-47)37-18-24-41(25-19-37)57-50-16-8-5-13-46(50)34-52-49-15-7-4-10-38(49)30-31-51(52)57/h1-36H. The molecule has 0 bridgehead atoms. The molecule has 0 spiro atoms. The van der Waals surface area contributed by atoms with E-state index in [1.165, 1.54) is 60.0 Å². The third-order valence-corrected chi connectivity index (χ3v) is 12.1. The average Bonchev–Trinajstić information content (AvgIpc) is 3.78. The lowest BCUT2D eigenvalue weighted by atomic mass is 9.89. The molecule has 0 saturated carbocycles. The van der Waals surface area contributed by atoms with E-state index < -0.39 is 0 Å². The zero-order valence-electron chi connectivity index (χ0n) is 33.1. The van der Waals surface area contributed by atoms with Crippen molar-refractivity contribution < 1.29 is 4.42 Å². The van der Waals surface area contributed by atoms with Crippen LogP contribution in [0.2, 0.25) is 0 Å². The maximum absolute atomic E-state index is 6.15. The summed E-state index contributed by atoms with van der Waals surface area (Å²) in [6.07, 6.45) is 0. The molecule has 0 amide bonds. The lowest BCUT2D eigenvalue weighted by molar-refractivity contribution is 0.631. The van der Waals surface area contributed by atoms with Crippen LogP contribution in [-0.2, 0) is 0 Å². The summed E-state index contributed by atoms with van der Waals surface area (Å²) in [5, 5.41) is 11.0. The molecule has 3 heteroatoms. The van der Waals surface area contributed by atoms with E-state index in [-0.39, 0.29) is 0 Å². The Morgan fingerprint density at radius 3 is 1.64 bits per heavy atom. The van der Waals surface area contributed by atoms with E-state index in [0.29, 0.717) is 5.82 Å². The van der Waals surface area contributed by atoms with Crippen LogP contribution in [0.3, 0.4) is 0 Å². The maximum Gasteiger partial charge on any atom is 0.160 e. The minimum absolute atomic E-state index is 0.693. The van der Waals surface area contributed by atoms with Crippen molar-refractivity contribution in [2.24, 2.45) is 0 Å². The van der Waals surface area contributed by atoms with Gasteiger partial charge in [0.1, 0.15) is 11.3 Å². The SMILES string of the molecule is c1ccc(-c2nc(-c3ccc(-c4cc5ccccc5o4)cc3)cc(-c3ccc4cc(-c5ccc(-c6c7ccccc7cc7c6ccc6ccccc67)cc5)ccc4c3)n2)cc1. The molecule has 0 aliphatic heterocycles. The minimum Gasteiger partial charge on any atom is -0.456 e. The van der Waals surface area contributed by atoms with E-state index in [1.807, 2.05) is 36.4 Å². The van der Waals surface area contributed by atoms with Gasteiger partial charge in [-0.05, 0) is 102 Å². The maximum atomic E-state index is 6.15. The molecular weight excluding hydrogens is 741 g/mol. The van der Waals surface area contributed by atoms with Crippen LogP contribution in [0, 0.1) is 0 Å². The predicted molar refractivity (Wildman–Crippen MR) is 254 cm³/mol. The Labute approximate surface area is 352 Å². The highest BCUT2D eigenvalue weighted by Gasteiger charge is 2.15. The molecule has 0 fully saturated rings. The number of benzene rings is 10. The van der Waals surface area contributed by atoms with E-state index in [2.05, 4.69) is 182 Å². The molecule has 12 rings (SSSR count). The number of rotatable bonds is 6. The van der Waals surface area contributed by atoms with Crippen LogP contribution < -0.4 is 0 Å². The second-order valence-corrected chi connectivity index (χ2v) is 15.8. The van der Waals surface area contributed by atoms with Gasteiger partial charge < -0.3 is 4.42 Å². The summed E-state index contributed by atoms with van der Waals surface area (Å²) in [6.45, 7) is 0. The van der Waals surface area contributed by atoms with Gasteiger partial charge in [0.25, 0.3) is 0 Å². The number of hydrogen-bond acceptors (Lipinski definition) is 3. The normalized spacial score (nSPS) is 11.6. The molecule has 0 radical (unpaired) electrons. The van der Waals surface area contributed by atoms with Crippen LogP contribution >= 0.6 is 0 Å². The molecule has 2 heterocycles. The second kappa shape index (κ2) is 14.3. The highest BCUT2D eigenvalue weighted by atomic mass is 16.3. The fraction of sp³-hybridized carbons (Fsp3) is 0. The van der Waals surface area contributed by atoms with Crippen LogP contribution in [-0.4, -0.2) is 9.97 Å². The Morgan fingerprint density at radius 1 is 0.279 bits per heavy atom. The van der Waals surface area contributed by atoms with E-state index >= 15 is 0 Å². The van der Waals surface area contributed by atoms with Gasteiger partial charge in [0.15, 0.2) is 5.82 Å². The summed E-state index contributed by atoms with van der Waals surface area (Å²) >= 11 is 0. The molecule has 2 aromatic heterocycles. The number of nitrogens with zero attached hydrogens (tertiary/aromatic N) is 2. The van der Waals surface area contributed by atoms with Crippen LogP contribution in [0.25, 0.3) is 122 Å². The van der Waals surface area contributed by atoms with Crippen LogP contribution in [0.4, 0.5) is 0 Å². The Bertz CT molecular complexity index is 3590. The van der Waals surface area contributed by atoms with Crippen molar-refractivity contribution in [1.29, 1.82) is 0 Å². The number of fused-ring (bicyclic) bond motifs is 6. The fourth-order valence-electron chi connectivity index (χ4n) is 8.93. The van der Waals surface area contributed by atoms with Crippen molar-refractivity contribution in [3.05, 3.63) is 218 Å². The van der Waals surface area contributed by atoms with Crippen molar-refractivity contribution in [3.63, 3.8) is 0 Å². The molecule has 0 saturated heterocycles. The van der Waals surface area contributed by atoms with Crippen molar-refractivity contribution in [1.82, 2.24) is 9.97 Å². The predicted octanol–water partition coefficient (Wildman–Crippen LogP) is 15.8. The van der Waals surface area contributed by atoms with Crippen molar-refractivity contribution in [2.45, 2.75) is 0 Å². The number of aromatic nitrogens is 2. The van der Waals surface area contributed by atoms with Crippen molar-refractivity contribution in [3.8, 4) is 67.5 Å². The minimum atomic E-state index is 0.693. The topological polar surface area (TPSA) is 38.9 Å². The largest absolute Gasteiger partial charge is 0.456 e. The smallest absolute Gasteiger partial charge is 0.160 e. The zero-order chi connectivity index (χ0) is 40.3. The molecule has 284 valence electrons. The van der Waals surface area contributed by atoms with E-state index in [1.54, 1.807) is 0 Å². The first-order chi connectivity index (χ1) is 30.2. The zero-order valence-corrected chi connectivity index (χ0v) is 33.1. The summed E-state index contributed by atoms with van der Waals surface area (Å²) in [6, 6.07) is 77.7. The molecule has 0 N–H and O–H groups in total. The first kappa shape index (κ1) is 34.9. The average molecular weight is 777 g/mol. The fourth-order valence-corrected chi connectivity index (χ4v) is 8.93. The molecule has 0 unspecified atom stereocenters. The van der Waals surface area contributed by atoms with E-state index in [4.69, 9.17) is 14.4 Å². The van der Waals surface area contributed by atoms with Gasteiger partial charge in [0.05, 0.1) is 11.4 Å². The molecule has 0 aliphatic carbocycles. The Morgan fingerprint density at radius 2 is 0.852 bits per heavy atom. The highest BCUT2D eigenvalue weighted by molar-refractivity contribution is 6.20. The Hall–Kier alpha value is -8.14. The molecular formula is C58H36N2O. The van der Waals surface area contributed by atoms with Gasteiger partial charge in [0.2, 0.25) is 0 Å². The van der Waals surface area contributed by atoms with Crippen LogP contribution in [0.5, 0.6) is 0 Å². The molecule has 0 aliphatic rings. The highest BCUT2D eigenvalue weighted by Crippen LogP contribution is 2.40. The van der Waals surface area contributed by atoms with Crippen LogP contribution in [0.1, 0.15) is 0 Å². The first-order valence-electron chi connectivity index (χ1n) is 20.7. The monoisotopic (exact) mass is 776 g/mol. The van der Waals surface area contributed by atoms with Gasteiger partial charge in [-0.25, -0.2) is 9.97 Å². The lowest BCUT2D eigenvalue weighted by Gasteiger charge is -2.14. The van der Waals surface area contributed by atoms with Crippen molar-refractivity contribution >= 4 is 54.1 Å².